The van der Waals surface area contributed by atoms with Crippen molar-refractivity contribution in [2.24, 2.45) is 0 Å². The summed E-state index contributed by atoms with van der Waals surface area (Å²) >= 11 is 0. The normalized spacial score (nSPS) is 12.2. The van der Waals surface area contributed by atoms with Crippen LogP contribution >= 0.6 is 0 Å². The smallest absolute Gasteiger partial charge is 0.126 e. The van der Waals surface area contributed by atoms with Gasteiger partial charge in [0.25, 0.3) is 0 Å². The minimum Gasteiger partial charge on any atom is -0.497 e. The van der Waals surface area contributed by atoms with Crippen LogP contribution in [0.1, 0.15) is 17.2 Å². The van der Waals surface area contributed by atoms with Crippen molar-refractivity contribution in [3.63, 3.8) is 0 Å². The Kier molecular flexibility index (Phi) is 7.32. The summed E-state index contributed by atoms with van der Waals surface area (Å²) in [6.45, 7) is 1.03. The van der Waals surface area contributed by atoms with Gasteiger partial charge in [-0.1, -0.05) is 30.4 Å². The zero-order valence-corrected chi connectivity index (χ0v) is 14.9. The molecular formula is C20H25NO4. The summed E-state index contributed by atoms with van der Waals surface area (Å²) < 4.78 is 15.8. The fraction of sp³-hybridized carbons (Fsp3) is 0.300. The Morgan fingerprint density at radius 1 is 1.00 bits per heavy atom. The van der Waals surface area contributed by atoms with Crippen LogP contribution in [0.5, 0.6) is 17.2 Å². The van der Waals surface area contributed by atoms with Crippen molar-refractivity contribution in [3.8, 4) is 17.2 Å². The summed E-state index contributed by atoms with van der Waals surface area (Å²) in [6.07, 6.45) is 3.29. The van der Waals surface area contributed by atoms with Crippen LogP contribution in [0, 0.1) is 0 Å². The Morgan fingerprint density at radius 3 is 2.48 bits per heavy atom. The van der Waals surface area contributed by atoms with Crippen molar-refractivity contribution in [1.29, 1.82) is 0 Å². The average Bonchev–Trinajstić information content (AvgIpc) is 2.67. The van der Waals surface area contributed by atoms with E-state index in [2.05, 4.69) is 5.32 Å². The molecule has 2 N–H and O–H groups in total. The molecule has 1 atom stereocenters. The first-order chi connectivity index (χ1) is 12.2. The third kappa shape index (κ3) is 5.24. The van der Waals surface area contributed by atoms with E-state index >= 15 is 0 Å². The van der Waals surface area contributed by atoms with E-state index in [-0.39, 0.29) is 0 Å². The largest absolute Gasteiger partial charge is 0.497 e. The van der Waals surface area contributed by atoms with E-state index in [4.69, 9.17) is 14.2 Å². The minimum atomic E-state index is -0.690. The van der Waals surface area contributed by atoms with Crippen LogP contribution in [0.4, 0.5) is 0 Å². The Morgan fingerprint density at radius 2 is 1.76 bits per heavy atom. The van der Waals surface area contributed by atoms with Gasteiger partial charge in [0, 0.05) is 24.2 Å². The highest BCUT2D eigenvalue weighted by Crippen LogP contribution is 2.29. The minimum absolute atomic E-state index is 0.403. The Balaban J connectivity index is 1.90. The van der Waals surface area contributed by atoms with Gasteiger partial charge in [0.05, 0.1) is 27.4 Å². The van der Waals surface area contributed by atoms with Crippen LogP contribution in [0.25, 0.3) is 6.08 Å². The van der Waals surface area contributed by atoms with E-state index in [0.717, 1.165) is 11.3 Å². The molecule has 0 fully saturated rings. The summed E-state index contributed by atoms with van der Waals surface area (Å²) in [5, 5.41) is 13.6. The van der Waals surface area contributed by atoms with Gasteiger partial charge in [-0.15, -0.1) is 0 Å². The van der Waals surface area contributed by atoms with Crippen LogP contribution in [0.3, 0.4) is 0 Å². The molecule has 25 heavy (non-hydrogen) atoms. The topological polar surface area (TPSA) is 60.0 Å². The van der Waals surface area contributed by atoms with E-state index in [1.807, 2.05) is 36.4 Å². The summed E-state index contributed by atoms with van der Waals surface area (Å²) in [4.78, 5) is 0. The summed E-state index contributed by atoms with van der Waals surface area (Å²) in [5.74, 6) is 2.16. The summed E-state index contributed by atoms with van der Waals surface area (Å²) in [6, 6.07) is 13.2. The second-order valence-electron chi connectivity index (χ2n) is 5.43. The molecule has 5 nitrogen and oxygen atoms in total. The first-order valence-corrected chi connectivity index (χ1v) is 8.09. The van der Waals surface area contributed by atoms with Crippen molar-refractivity contribution in [2.75, 3.05) is 34.4 Å². The maximum Gasteiger partial charge on any atom is 0.126 e. The standard InChI is InChI=1S/C20H25NO4/c1-23-16-10-11-20(25-3)17(13-16)18(22)14-21-12-6-8-15-7-4-5-9-19(15)24-2/h4-11,13,18,21-22H,12,14H2,1-3H3/b8-6-/t18-/m0/s1. The van der Waals surface area contributed by atoms with E-state index in [1.54, 1.807) is 39.5 Å². The molecule has 0 bridgehead atoms. The highest BCUT2D eigenvalue weighted by atomic mass is 16.5. The summed E-state index contributed by atoms with van der Waals surface area (Å²) in [5.41, 5.74) is 1.71. The maximum absolute atomic E-state index is 10.4. The van der Waals surface area contributed by atoms with Crippen molar-refractivity contribution in [1.82, 2.24) is 5.32 Å². The van der Waals surface area contributed by atoms with E-state index in [0.29, 0.717) is 30.2 Å². The van der Waals surface area contributed by atoms with Crippen molar-refractivity contribution in [2.45, 2.75) is 6.10 Å². The Bertz CT molecular complexity index is 700. The van der Waals surface area contributed by atoms with Gasteiger partial charge in [-0.2, -0.15) is 0 Å². The van der Waals surface area contributed by atoms with Gasteiger partial charge in [0.1, 0.15) is 17.2 Å². The number of methoxy groups -OCH3 is 3. The molecule has 0 saturated carbocycles. The fourth-order valence-electron chi connectivity index (χ4n) is 2.50. The molecule has 0 aliphatic heterocycles. The molecule has 134 valence electrons. The predicted octanol–water partition coefficient (Wildman–Crippen LogP) is 3.05. The number of nitrogens with one attached hydrogen (secondary N) is 1. The van der Waals surface area contributed by atoms with Gasteiger partial charge in [-0.05, 0) is 24.3 Å². The molecule has 2 aromatic rings. The van der Waals surface area contributed by atoms with Gasteiger partial charge < -0.3 is 24.6 Å². The van der Waals surface area contributed by atoms with E-state index in [1.165, 1.54) is 0 Å². The molecule has 2 aromatic carbocycles. The zero-order valence-electron chi connectivity index (χ0n) is 14.9. The predicted molar refractivity (Wildman–Crippen MR) is 99.4 cm³/mol. The average molecular weight is 343 g/mol. The van der Waals surface area contributed by atoms with Gasteiger partial charge in [0.15, 0.2) is 0 Å². The molecule has 0 saturated heterocycles. The number of hydrogen-bond donors (Lipinski definition) is 2. The molecule has 0 aliphatic rings. The molecular weight excluding hydrogens is 318 g/mol. The zero-order chi connectivity index (χ0) is 18.1. The second-order valence-corrected chi connectivity index (χ2v) is 5.43. The Labute approximate surface area is 148 Å². The first kappa shape index (κ1) is 18.8. The van der Waals surface area contributed by atoms with Gasteiger partial charge in [0.2, 0.25) is 0 Å². The number of ether oxygens (including phenoxy) is 3. The van der Waals surface area contributed by atoms with Crippen molar-refractivity contribution < 1.29 is 19.3 Å². The number of benzene rings is 2. The lowest BCUT2D eigenvalue weighted by atomic mass is 10.1. The van der Waals surface area contributed by atoms with E-state index in [9.17, 15) is 5.11 Å². The maximum atomic E-state index is 10.4. The molecule has 0 spiro atoms. The van der Waals surface area contributed by atoms with Gasteiger partial charge in [-0.25, -0.2) is 0 Å². The molecule has 0 amide bonds. The SMILES string of the molecule is COc1ccc(OC)c([C@@H](O)CNC/C=C\c2ccccc2OC)c1. The van der Waals surface area contributed by atoms with Crippen LogP contribution in [0.2, 0.25) is 0 Å². The van der Waals surface area contributed by atoms with Crippen LogP contribution in [-0.2, 0) is 0 Å². The highest BCUT2D eigenvalue weighted by Gasteiger charge is 2.14. The monoisotopic (exact) mass is 343 g/mol. The lowest BCUT2D eigenvalue weighted by Gasteiger charge is -2.16. The number of hydrogen-bond acceptors (Lipinski definition) is 5. The molecule has 5 heteroatoms. The molecule has 0 aliphatic carbocycles. The van der Waals surface area contributed by atoms with Crippen molar-refractivity contribution in [3.05, 3.63) is 59.7 Å². The van der Waals surface area contributed by atoms with Crippen molar-refractivity contribution >= 4 is 6.08 Å². The van der Waals surface area contributed by atoms with E-state index < -0.39 is 6.10 Å². The second kappa shape index (κ2) is 9.71. The molecule has 0 heterocycles. The highest BCUT2D eigenvalue weighted by molar-refractivity contribution is 5.57. The Hall–Kier alpha value is -2.50. The lowest BCUT2D eigenvalue weighted by Crippen LogP contribution is -2.21. The van der Waals surface area contributed by atoms with Crippen LogP contribution in [0.15, 0.2) is 48.5 Å². The molecule has 2 rings (SSSR count). The van der Waals surface area contributed by atoms with Gasteiger partial charge >= 0.3 is 0 Å². The quantitative estimate of drug-likeness (QED) is 0.685. The molecule has 0 aromatic heterocycles. The number of aliphatic hydroxyl groups is 1. The van der Waals surface area contributed by atoms with Crippen LogP contribution in [-0.4, -0.2) is 39.5 Å². The third-order valence-electron chi connectivity index (χ3n) is 3.83. The number of rotatable bonds is 9. The fourth-order valence-corrected chi connectivity index (χ4v) is 2.50. The van der Waals surface area contributed by atoms with Gasteiger partial charge in [-0.3, -0.25) is 0 Å². The molecule has 0 radical (unpaired) electrons. The lowest BCUT2D eigenvalue weighted by molar-refractivity contribution is 0.171. The molecule has 0 unspecified atom stereocenters. The van der Waals surface area contributed by atoms with Crippen LogP contribution < -0.4 is 19.5 Å². The number of para-hydroxylation sites is 1. The first-order valence-electron chi connectivity index (χ1n) is 8.09. The third-order valence-corrected chi connectivity index (χ3v) is 3.83. The number of aliphatic hydroxyl groups excluding tert-OH is 1. The summed E-state index contributed by atoms with van der Waals surface area (Å²) in [7, 11) is 4.84.